The summed E-state index contributed by atoms with van der Waals surface area (Å²) in [5.74, 6) is 0.946. The third-order valence-corrected chi connectivity index (χ3v) is 5.85. The lowest BCUT2D eigenvalue weighted by atomic mass is 10.1. The molecule has 0 amide bonds. The minimum atomic E-state index is 0.848. The zero-order chi connectivity index (χ0) is 22.2. The quantitative estimate of drug-likeness (QED) is 0.462. The van der Waals surface area contributed by atoms with Gasteiger partial charge in [-0.15, -0.1) is 0 Å². The second-order valence-electron chi connectivity index (χ2n) is 7.77. The highest BCUT2D eigenvalue weighted by Crippen LogP contribution is 2.30. The zero-order valence-corrected chi connectivity index (χ0v) is 18.3. The Labute approximate surface area is 185 Å². The van der Waals surface area contributed by atoms with Gasteiger partial charge in [0.05, 0.1) is 28.6 Å². The molecule has 5 aromatic rings. The molecule has 0 aliphatic rings. The van der Waals surface area contributed by atoms with Gasteiger partial charge in [-0.25, -0.2) is 4.98 Å². The summed E-state index contributed by atoms with van der Waals surface area (Å²) in [6.07, 6.45) is 7.75. The first-order chi connectivity index (χ1) is 15.6. The summed E-state index contributed by atoms with van der Waals surface area (Å²) in [7, 11) is 2.00. The van der Waals surface area contributed by atoms with Crippen LogP contribution >= 0.6 is 0 Å². The van der Waals surface area contributed by atoms with Crippen LogP contribution in [0, 0.1) is 6.92 Å². The average Bonchev–Trinajstić information content (AvgIpc) is 3.51. The highest BCUT2D eigenvalue weighted by atomic mass is 15.1. The third-order valence-electron chi connectivity index (χ3n) is 5.85. The molecule has 158 valence electrons. The molecule has 4 aromatic heterocycles. The molecule has 6 nitrogen and oxygen atoms in total. The summed E-state index contributed by atoms with van der Waals surface area (Å²) in [6, 6.07) is 14.3. The van der Waals surface area contributed by atoms with Crippen LogP contribution in [-0.2, 0) is 7.05 Å². The van der Waals surface area contributed by atoms with Crippen LogP contribution in [0.4, 0.5) is 0 Å². The Kier molecular flexibility index (Phi) is 4.82. The van der Waals surface area contributed by atoms with E-state index in [9.17, 15) is 0 Å². The maximum atomic E-state index is 4.63. The molecule has 0 aliphatic carbocycles. The number of hydrogen-bond donors (Lipinski definition) is 2. The van der Waals surface area contributed by atoms with E-state index < -0.39 is 0 Å². The van der Waals surface area contributed by atoms with Gasteiger partial charge in [-0.3, -0.25) is 10.1 Å². The van der Waals surface area contributed by atoms with Crippen molar-refractivity contribution < 1.29 is 0 Å². The van der Waals surface area contributed by atoms with Crippen molar-refractivity contribution >= 4 is 28.6 Å². The number of pyridine rings is 1. The van der Waals surface area contributed by atoms with E-state index in [2.05, 4.69) is 56.0 Å². The van der Waals surface area contributed by atoms with Crippen molar-refractivity contribution in [2.45, 2.75) is 13.8 Å². The van der Waals surface area contributed by atoms with E-state index in [1.807, 2.05) is 68.2 Å². The molecule has 0 bridgehead atoms. The van der Waals surface area contributed by atoms with E-state index in [1.165, 1.54) is 0 Å². The van der Waals surface area contributed by atoms with Gasteiger partial charge in [0.25, 0.3) is 0 Å². The Morgan fingerprint density at radius 3 is 2.72 bits per heavy atom. The predicted molar refractivity (Wildman–Crippen MR) is 130 cm³/mol. The minimum Gasteiger partial charge on any atom is -0.353 e. The second-order valence-corrected chi connectivity index (χ2v) is 7.77. The summed E-state index contributed by atoms with van der Waals surface area (Å²) in [5, 5.41) is 10.8. The Bertz CT molecular complexity index is 1560. The second kappa shape index (κ2) is 7.81. The van der Waals surface area contributed by atoms with Gasteiger partial charge in [0, 0.05) is 34.9 Å². The number of fused-ring (bicyclic) bond motifs is 1. The molecule has 0 saturated carbocycles. The average molecular weight is 421 g/mol. The molecule has 0 fully saturated rings. The van der Waals surface area contributed by atoms with Gasteiger partial charge in [-0.2, -0.15) is 5.10 Å². The highest BCUT2D eigenvalue weighted by molar-refractivity contribution is 5.97. The van der Waals surface area contributed by atoms with E-state index in [-0.39, 0.29) is 0 Å². The Morgan fingerprint density at radius 1 is 1.12 bits per heavy atom. The van der Waals surface area contributed by atoms with E-state index in [0.29, 0.717) is 0 Å². The fourth-order valence-electron chi connectivity index (χ4n) is 4.01. The summed E-state index contributed by atoms with van der Waals surface area (Å²) < 4.78 is 2.04. The van der Waals surface area contributed by atoms with Crippen molar-refractivity contribution in [1.82, 2.24) is 29.7 Å². The largest absolute Gasteiger partial charge is 0.353 e. The number of aromatic nitrogens is 6. The maximum absolute atomic E-state index is 4.63. The number of aryl methyl sites for hydroxylation is 1. The number of hydrogen-bond acceptors (Lipinski definition) is 3. The first-order valence-electron chi connectivity index (χ1n) is 10.5. The zero-order valence-electron chi connectivity index (χ0n) is 18.3. The number of nitrogens with zero attached hydrogens (tertiary/aromatic N) is 4. The third kappa shape index (κ3) is 3.26. The van der Waals surface area contributed by atoms with Crippen LogP contribution in [0.1, 0.15) is 18.4 Å². The van der Waals surface area contributed by atoms with Crippen LogP contribution in [0.15, 0.2) is 61.4 Å². The van der Waals surface area contributed by atoms with Crippen LogP contribution < -0.4 is 10.6 Å². The first-order valence-corrected chi connectivity index (χ1v) is 10.5. The van der Waals surface area contributed by atoms with Crippen LogP contribution in [-0.4, -0.2) is 29.7 Å². The summed E-state index contributed by atoms with van der Waals surface area (Å²) in [6.45, 7) is 8.27. The minimum absolute atomic E-state index is 0.848. The van der Waals surface area contributed by atoms with E-state index in [4.69, 9.17) is 0 Å². The lowest BCUT2D eigenvalue weighted by molar-refractivity contribution is 0.847. The van der Waals surface area contributed by atoms with Crippen LogP contribution in [0.3, 0.4) is 0 Å². The SMILES string of the molecule is C=C(/C=c1/c(-c2cc3c(-c4ccccn4)cccc3[nH]2)n[nH]/c1=C/C)c1cnc(C)n1C. The number of nitrogens with one attached hydrogen (secondary N) is 2. The normalized spacial score (nSPS) is 12.7. The Morgan fingerprint density at radius 2 is 2.00 bits per heavy atom. The molecule has 2 N–H and O–H groups in total. The Balaban J connectivity index is 1.68. The van der Waals surface area contributed by atoms with Gasteiger partial charge in [-0.05, 0) is 49.8 Å². The molecule has 1 aromatic carbocycles. The molecule has 0 saturated heterocycles. The highest BCUT2D eigenvalue weighted by Gasteiger charge is 2.13. The lowest BCUT2D eigenvalue weighted by Crippen LogP contribution is -2.23. The van der Waals surface area contributed by atoms with Gasteiger partial charge in [-0.1, -0.05) is 30.9 Å². The number of rotatable bonds is 4. The molecule has 5 rings (SSSR count). The fraction of sp³-hybridized carbons (Fsp3) is 0.115. The first kappa shape index (κ1) is 19.8. The predicted octanol–water partition coefficient (Wildman–Crippen LogP) is 3.96. The van der Waals surface area contributed by atoms with Gasteiger partial charge in [0.15, 0.2) is 0 Å². The number of allylic oxidation sites excluding steroid dienone is 1. The number of aromatic amines is 2. The molecule has 0 atom stereocenters. The molecule has 0 aliphatic heterocycles. The van der Waals surface area contributed by atoms with Gasteiger partial charge < -0.3 is 9.55 Å². The van der Waals surface area contributed by atoms with Crippen LogP contribution in [0.25, 0.3) is 51.3 Å². The summed E-state index contributed by atoms with van der Waals surface area (Å²) >= 11 is 0. The van der Waals surface area contributed by atoms with E-state index >= 15 is 0 Å². The lowest BCUT2D eigenvalue weighted by Gasteiger charge is -2.02. The molecular weight excluding hydrogens is 396 g/mol. The van der Waals surface area contributed by atoms with Gasteiger partial charge in [0.1, 0.15) is 11.5 Å². The van der Waals surface area contributed by atoms with Gasteiger partial charge >= 0.3 is 0 Å². The van der Waals surface area contributed by atoms with Gasteiger partial charge in [0.2, 0.25) is 0 Å². The molecular formula is C26H24N6. The van der Waals surface area contributed by atoms with Crippen molar-refractivity contribution in [2.24, 2.45) is 7.05 Å². The Hall–Kier alpha value is -4.19. The topological polar surface area (TPSA) is 75.2 Å². The van der Waals surface area contributed by atoms with Crippen molar-refractivity contribution in [3.8, 4) is 22.6 Å². The summed E-state index contributed by atoms with van der Waals surface area (Å²) in [5.41, 5.74) is 6.72. The van der Waals surface area contributed by atoms with Crippen molar-refractivity contribution in [3.63, 3.8) is 0 Å². The molecule has 4 heterocycles. The number of benzene rings is 1. The van der Waals surface area contributed by atoms with Crippen molar-refractivity contribution in [3.05, 3.63) is 83.5 Å². The smallest absolute Gasteiger partial charge is 0.116 e. The number of imidazole rings is 1. The van der Waals surface area contributed by atoms with Crippen LogP contribution in [0.5, 0.6) is 0 Å². The molecule has 6 heteroatoms. The standard InChI is InChI=1S/C26H24N6/c1-5-21-20(13-16(2)25-15-28-17(3)32(25)4)26(31-30-21)24-14-19-18(9-8-11-23(19)29-24)22-10-6-7-12-27-22/h5-15,29-30H,2H2,1,3-4H3/b20-13+,21-5+. The van der Waals surface area contributed by atoms with Crippen LogP contribution in [0.2, 0.25) is 0 Å². The van der Waals surface area contributed by atoms with Crippen molar-refractivity contribution in [1.29, 1.82) is 0 Å². The molecule has 0 radical (unpaired) electrons. The fourth-order valence-corrected chi connectivity index (χ4v) is 4.01. The number of H-pyrrole nitrogens is 2. The van der Waals surface area contributed by atoms with Crippen molar-refractivity contribution in [2.75, 3.05) is 0 Å². The molecule has 32 heavy (non-hydrogen) atoms. The summed E-state index contributed by atoms with van der Waals surface area (Å²) in [4.78, 5) is 12.5. The van der Waals surface area contributed by atoms with E-state index in [1.54, 1.807) is 0 Å². The molecule has 0 unspecified atom stereocenters. The van der Waals surface area contributed by atoms with E-state index in [0.717, 1.165) is 61.2 Å². The monoisotopic (exact) mass is 420 g/mol. The molecule has 0 spiro atoms. The maximum Gasteiger partial charge on any atom is 0.116 e.